The van der Waals surface area contributed by atoms with Gasteiger partial charge in [-0.05, 0) is 38.3 Å². The quantitative estimate of drug-likeness (QED) is 0.675. The Labute approximate surface area is 130 Å². The third-order valence-corrected chi connectivity index (χ3v) is 6.35. The van der Waals surface area contributed by atoms with Gasteiger partial charge in [0.05, 0.1) is 12.2 Å². The number of ketones is 1. The number of rotatable bonds is 0. The van der Waals surface area contributed by atoms with Gasteiger partial charge >= 0.3 is 0 Å². The Morgan fingerprint density at radius 1 is 1.23 bits per heavy atom. The van der Waals surface area contributed by atoms with Crippen molar-refractivity contribution in [2.24, 2.45) is 16.7 Å². The fourth-order valence-corrected chi connectivity index (χ4v) is 4.92. The van der Waals surface area contributed by atoms with E-state index in [1.165, 1.54) is 16.7 Å². The van der Waals surface area contributed by atoms with Crippen molar-refractivity contribution in [3.63, 3.8) is 0 Å². The van der Waals surface area contributed by atoms with Gasteiger partial charge in [-0.2, -0.15) is 0 Å². The fourth-order valence-electron chi connectivity index (χ4n) is 4.92. The SMILES string of the molecule is C[C@]12C=CC(=O)C=C1CCC1C2=CC[C@@]2(C)C1=C[C@@H](O)[C@H]2O. The van der Waals surface area contributed by atoms with Gasteiger partial charge in [0, 0.05) is 16.7 Å². The zero-order chi connectivity index (χ0) is 15.7. The van der Waals surface area contributed by atoms with E-state index >= 15 is 0 Å². The van der Waals surface area contributed by atoms with Crippen LogP contribution >= 0.6 is 0 Å². The monoisotopic (exact) mass is 298 g/mol. The van der Waals surface area contributed by atoms with E-state index in [2.05, 4.69) is 19.9 Å². The average Bonchev–Trinajstić information content (AvgIpc) is 2.72. The molecule has 1 saturated carbocycles. The Hall–Kier alpha value is -1.45. The number of allylic oxidation sites excluding steroid dienone is 6. The van der Waals surface area contributed by atoms with Gasteiger partial charge < -0.3 is 10.2 Å². The Bertz CT molecular complexity index is 681. The predicted molar refractivity (Wildman–Crippen MR) is 84.0 cm³/mol. The summed E-state index contributed by atoms with van der Waals surface area (Å²) in [5, 5.41) is 20.5. The molecule has 0 amide bonds. The summed E-state index contributed by atoms with van der Waals surface area (Å²) in [5.41, 5.74) is 3.19. The number of aliphatic hydroxyl groups excluding tert-OH is 2. The Balaban J connectivity index is 1.82. The number of aliphatic hydroxyl groups is 2. The fraction of sp³-hybridized carbons (Fsp3) is 0.526. The normalized spacial score (nSPS) is 46.3. The van der Waals surface area contributed by atoms with Crippen LogP contribution in [0.5, 0.6) is 0 Å². The third-order valence-electron chi connectivity index (χ3n) is 6.35. The number of carbonyl (C=O) groups excluding carboxylic acids is 1. The highest BCUT2D eigenvalue weighted by molar-refractivity contribution is 6.01. The molecule has 0 radical (unpaired) electrons. The summed E-state index contributed by atoms with van der Waals surface area (Å²) in [7, 11) is 0. The second kappa shape index (κ2) is 4.30. The van der Waals surface area contributed by atoms with Gasteiger partial charge in [0.1, 0.15) is 0 Å². The van der Waals surface area contributed by atoms with E-state index in [-0.39, 0.29) is 22.5 Å². The van der Waals surface area contributed by atoms with Crippen LogP contribution in [0.1, 0.15) is 33.1 Å². The lowest BCUT2D eigenvalue weighted by Gasteiger charge is -2.49. The molecule has 22 heavy (non-hydrogen) atoms. The van der Waals surface area contributed by atoms with E-state index in [1.807, 2.05) is 12.2 Å². The van der Waals surface area contributed by atoms with Crippen LogP contribution in [-0.2, 0) is 4.79 Å². The van der Waals surface area contributed by atoms with E-state index in [1.54, 1.807) is 12.2 Å². The molecule has 0 aliphatic heterocycles. The van der Waals surface area contributed by atoms with Crippen LogP contribution in [0.15, 0.2) is 47.1 Å². The van der Waals surface area contributed by atoms with Crippen LogP contribution in [-0.4, -0.2) is 28.2 Å². The molecule has 0 aromatic rings. The lowest BCUT2D eigenvalue weighted by Crippen LogP contribution is -2.43. The van der Waals surface area contributed by atoms with Crippen molar-refractivity contribution in [2.45, 2.75) is 45.3 Å². The minimum Gasteiger partial charge on any atom is -0.389 e. The van der Waals surface area contributed by atoms with Crippen molar-refractivity contribution in [1.82, 2.24) is 0 Å². The number of fused-ring (bicyclic) bond motifs is 5. The molecule has 0 aromatic heterocycles. The van der Waals surface area contributed by atoms with Gasteiger partial charge in [0.2, 0.25) is 0 Å². The van der Waals surface area contributed by atoms with Crippen LogP contribution in [0.4, 0.5) is 0 Å². The molecule has 1 fully saturated rings. The van der Waals surface area contributed by atoms with Crippen LogP contribution < -0.4 is 0 Å². The van der Waals surface area contributed by atoms with Gasteiger partial charge in [0.25, 0.3) is 0 Å². The molecule has 0 aromatic carbocycles. The maximum Gasteiger partial charge on any atom is 0.178 e. The van der Waals surface area contributed by atoms with E-state index in [0.717, 1.165) is 19.3 Å². The number of hydrogen-bond donors (Lipinski definition) is 2. The molecule has 1 unspecified atom stereocenters. The maximum absolute atomic E-state index is 11.7. The summed E-state index contributed by atoms with van der Waals surface area (Å²) >= 11 is 0. The molecule has 2 N–H and O–H groups in total. The molecule has 116 valence electrons. The van der Waals surface area contributed by atoms with Crippen LogP contribution in [0.2, 0.25) is 0 Å². The molecule has 4 rings (SSSR count). The van der Waals surface area contributed by atoms with Gasteiger partial charge in [-0.25, -0.2) is 0 Å². The van der Waals surface area contributed by atoms with Crippen LogP contribution in [0, 0.1) is 16.7 Å². The van der Waals surface area contributed by atoms with E-state index < -0.39 is 12.2 Å². The predicted octanol–water partition coefficient (Wildman–Crippen LogP) is 2.47. The smallest absolute Gasteiger partial charge is 0.178 e. The minimum atomic E-state index is -0.763. The first kappa shape index (κ1) is 14.2. The largest absolute Gasteiger partial charge is 0.389 e. The Morgan fingerprint density at radius 3 is 2.77 bits per heavy atom. The molecule has 0 spiro atoms. The number of hydrogen-bond acceptors (Lipinski definition) is 3. The molecule has 0 bridgehead atoms. The van der Waals surface area contributed by atoms with Crippen molar-refractivity contribution in [3.8, 4) is 0 Å². The molecule has 4 aliphatic carbocycles. The third kappa shape index (κ3) is 1.61. The molecule has 3 heteroatoms. The van der Waals surface area contributed by atoms with Gasteiger partial charge in [-0.3, -0.25) is 4.79 Å². The van der Waals surface area contributed by atoms with Crippen molar-refractivity contribution in [1.29, 1.82) is 0 Å². The first-order valence-electron chi connectivity index (χ1n) is 8.09. The second-order valence-corrected chi connectivity index (χ2v) is 7.54. The van der Waals surface area contributed by atoms with Gasteiger partial charge in [-0.15, -0.1) is 0 Å². The van der Waals surface area contributed by atoms with Crippen molar-refractivity contribution < 1.29 is 15.0 Å². The first-order valence-corrected chi connectivity index (χ1v) is 8.09. The molecule has 0 saturated heterocycles. The zero-order valence-electron chi connectivity index (χ0n) is 13.0. The van der Waals surface area contributed by atoms with Gasteiger partial charge in [-0.1, -0.05) is 41.9 Å². The summed E-state index contributed by atoms with van der Waals surface area (Å²) in [6, 6.07) is 0. The highest BCUT2D eigenvalue weighted by atomic mass is 16.3. The zero-order valence-corrected chi connectivity index (χ0v) is 13.0. The van der Waals surface area contributed by atoms with Gasteiger partial charge in [0.15, 0.2) is 5.78 Å². The molecular weight excluding hydrogens is 276 g/mol. The lowest BCUT2D eigenvalue weighted by molar-refractivity contribution is -0.110. The standard InChI is InChI=1S/C19H22O3/c1-18-7-5-12(20)9-11(18)3-4-13-14(18)6-8-19(2)15(13)10-16(21)17(19)22/h5-7,9-10,13,16-17,21-22H,3-4,8H2,1-2H3/t13?,16-,17-,18+,19+/m1/s1. The highest BCUT2D eigenvalue weighted by Crippen LogP contribution is 2.60. The summed E-state index contributed by atoms with van der Waals surface area (Å²) < 4.78 is 0. The number of carbonyl (C=O) groups is 1. The maximum atomic E-state index is 11.7. The molecule has 3 nitrogen and oxygen atoms in total. The summed E-state index contributed by atoms with van der Waals surface area (Å²) in [6.07, 6.45) is 10.7. The average molecular weight is 298 g/mol. The first-order chi connectivity index (χ1) is 10.4. The lowest BCUT2D eigenvalue weighted by atomic mass is 9.55. The molecule has 5 atom stereocenters. The Morgan fingerprint density at radius 2 is 2.00 bits per heavy atom. The summed E-state index contributed by atoms with van der Waals surface area (Å²) in [4.78, 5) is 11.7. The summed E-state index contributed by atoms with van der Waals surface area (Å²) in [6.45, 7) is 4.24. The molecule has 0 heterocycles. The second-order valence-electron chi connectivity index (χ2n) is 7.54. The van der Waals surface area contributed by atoms with Crippen LogP contribution in [0.3, 0.4) is 0 Å². The topological polar surface area (TPSA) is 57.5 Å². The van der Waals surface area contributed by atoms with Crippen molar-refractivity contribution in [3.05, 3.63) is 47.1 Å². The van der Waals surface area contributed by atoms with Crippen molar-refractivity contribution >= 4 is 5.78 Å². The van der Waals surface area contributed by atoms with E-state index in [4.69, 9.17) is 0 Å². The van der Waals surface area contributed by atoms with Crippen molar-refractivity contribution in [2.75, 3.05) is 0 Å². The molecular formula is C19H22O3. The highest BCUT2D eigenvalue weighted by Gasteiger charge is 2.53. The van der Waals surface area contributed by atoms with Crippen LogP contribution in [0.25, 0.3) is 0 Å². The van der Waals surface area contributed by atoms with E-state index in [9.17, 15) is 15.0 Å². The van der Waals surface area contributed by atoms with E-state index in [0.29, 0.717) is 0 Å². The molecule has 4 aliphatic rings. The Kier molecular flexibility index (Phi) is 2.77. The summed E-state index contributed by atoms with van der Waals surface area (Å²) in [5.74, 6) is 0.351. The minimum absolute atomic E-state index is 0.0816.